The largest absolute Gasteiger partial charge is 0.472 e. The molecule has 0 aliphatic carbocycles. The number of benzene rings is 1. The Kier molecular flexibility index (Phi) is 7.56. The fourth-order valence-corrected chi connectivity index (χ4v) is 2.48. The van der Waals surface area contributed by atoms with E-state index in [1.54, 1.807) is 6.07 Å². The number of amides is 2. The van der Waals surface area contributed by atoms with Crippen molar-refractivity contribution in [1.82, 2.24) is 10.6 Å². The molecule has 134 valence electrons. The lowest BCUT2D eigenvalue weighted by Crippen LogP contribution is -2.32. The number of para-hydroxylation sites is 1. The summed E-state index contributed by atoms with van der Waals surface area (Å²) in [5.74, 6) is -0.293. The molecule has 1 aromatic carbocycles. The highest BCUT2D eigenvalue weighted by Gasteiger charge is 2.08. The zero-order valence-corrected chi connectivity index (χ0v) is 14.5. The van der Waals surface area contributed by atoms with Crippen molar-refractivity contribution in [3.63, 3.8) is 0 Å². The van der Waals surface area contributed by atoms with E-state index < -0.39 is 0 Å². The molecule has 0 fully saturated rings. The van der Waals surface area contributed by atoms with E-state index in [-0.39, 0.29) is 18.2 Å². The van der Waals surface area contributed by atoms with E-state index in [1.165, 1.54) is 18.2 Å². The first-order chi connectivity index (χ1) is 12.2. The van der Waals surface area contributed by atoms with Gasteiger partial charge in [0.25, 0.3) is 5.91 Å². The molecule has 0 aliphatic heterocycles. The quantitative estimate of drug-likeness (QED) is 0.650. The van der Waals surface area contributed by atoms with Crippen molar-refractivity contribution in [1.29, 1.82) is 0 Å². The lowest BCUT2D eigenvalue weighted by atomic mass is 10.2. The third-order valence-electron chi connectivity index (χ3n) is 3.85. The Morgan fingerprint density at radius 2 is 1.88 bits per heavy atom. The molecule has 6 nitrogen and oxygen atoms in total. The first kappa shape index (κ1) is 18.6. The summed E-state index contributed by atoms with van der Waals surface area (Å²) in [6.07, 6.45) is 3.95. The SMILES string of the molecule is CCN(CCCNC(=O)CCNC(=O)c1ccoc1)c1ccccc1. The van der Waals surface area contributed by atoms with Crippen LogP contribution in [0.1, 0.15) is 30.1 Å². The van der Waals surface area contributed by atoms with E-state index in [2.05, 4.69) is 34.6 Å². The monoisotopic (exact) mass is 343 g/mol. The van der Waals surface area contributed by atoms with E-state index in [4.69, 9.17) is 4.42 Å². The number of hydrogen-bond acceptors (Lipinski definition) is 4. The van der Waals surface area contributed by atoms with Crippen molar-refractivity contribution < 1.29 is 14.0 Å². The van der Waals surface area contributed by atoms with Gasteiger partial charge in [0.15, 0.2) is 0 Å². The lowest BCUT2D eigenvalue weighted by Gasteiger charge is -2.23. The standard InChI is InChI=1S/C19H25N3O3/c1-2-22(17-7-4-3-5-8-17)13-6-11-20-18(23)9-12-21-19(24)16-10-14-25-15-16/h3-5,7-8,10,14-15H,2,6,9,11-13H2,1H3,(H,20,23)(H,21,24). The summed E-state index contributed by atoms with van der Waals surface area (Å²) in [4.78, 5) is 25.8. The molecule has 0 aliphatic rings. The maximum atomic E-state index is 11.8. The van der Waals surface area contributed by atoms with Gasteiger partial charge in [-0.05, 0) is 31.5 Å². The van der Waals surface area contributed by atoms with Crippen LogP contribution in [-0.2, 0) is 4.79 Å². The number of anilines is 1. The second kappa shape index (κ2) is 10.2. The molecule has 2 rings (SSSR count). The van der Waals surface area contributed by atoms with E-state index in [0.29, 0.717) is 18.7 Å². The van der Waals surface area contributed by atoms with Crippen LogP contribution >= 0.6 is 0 Å². The third kappa shape index (κ3) is 6.33. The average molecular weight is 343 g/mol. The zero-order chi connectivity index (χ0) is 17.9. The van der Waals surface area contributed by atoms with Gasteiger partial charge in [-0.15, -0.1) is 0 Å². The van der Waals surface area contributed by atoms with Gasteiger partial charge in [0, 0.05) is 38.3 Å². The van der Waals surface area contributed by atoms with Gasteiger partial charge in [0.1, 0.15) is 6.26 Å². The highest BCUT2D eigenvalue weighted by Crippen LogP contribution is 2.12. The van der Waals surface area contributed by atoms with Gasteiger partial charge < -0.3 is 20.0 Å². The molecule has 0 spiro atoms. The average Bonchev–Trinajstić information content (AvgIpc) is 3.17. The highest BCUT2D eigenvalue weighted by molar-refractivity contribution is 5.94. The molecule has 0 unspecified atom stereocenters. The fourth-order valence-electron chi connectivity index (χ4n) is 2.48. The van der Waals surface area contributed by atoms with Crippen molar-refractivity contribution in [2.75, 3.05) is 31.1 Å². The van der Waals surface area contributed by atoms with Gasteiger partial charge in [-0.25, -0.2) is 0 Å². The predicted octanol–water partition coefficient (Wildman–Crippen LogP) is 2.43. The number of carbonyl (C=O) groups excluding carboxylic acids is 2. The van der Waals surface area contributed by atoms with Gasteiger partial charge in [-0.1, -0.05) is 18.2 Å². The van der Waals surface area contributed by atoms with Gasteiger partial charge in [0.2, 0.25) is 5.91 Å². The Morgan fingerprint density at radius 1 is 1.08 bits per heavy atom. The normalized spacial score (nSPS) is 10.3. The number of furan rings is 1. The summed E-state index contributed by atoms with van der Waals surface area (Å²) < 4.78 is 4.84. The van der Waals surface area contributed by atoms with Crippen molar-refractivity contribution in [3.05, 3.63) is 54.5 Å². The number of nitrogens with one attached hydrogen (secondary N) is 2. The first-order valence-electron chi connectivity index (χ1n) is 8.57. The third-order valence-corrected chi connectivity index (χ3v) is 3.85. The van der Waals surface area contributed by atoms with Crippen LogP contribution in [0.15, 0.2) is 53.3 Å². The van der Waals surface area contributed by atoms with Gasteiger partial charge >= 0.3 is 0 Å². The second-order valence-corrected chi connectivity index (χ2v) is 5.64. The first-order valence-corrected chi connectivity index (χ1v) is 8.57. The van der Waals surface area contributed by atoms with E-state index in [9.17, 15) is 9.59 Å². The van der Waals surface area contributed by atoms with Crippen LogP contribution in [0.5, 0.6) is 0 Å². The van der Waals surface area contributed by atoms with E-state index >= 15 is 0 Å². The second-order valence-electron chi connectivity index (χ2n) is 5.64. The van der Waals surface area contributed by atoms with Gasteiger partial charge in [-0.2, -0.15) is 0 Å². The van der Waals surface area contributed by atoms with E-state index in [1.807, 2.05) is 18.2 Å². The van der Waals surface area contributed by atoms with Crippen LogP contribution < -0.4 is 15.5 Å². The molecule has 2 N–H and O–H groups in total. The molecule has 2 amide bonds. The predicted molar refractivity (Wildman–Crippen MR) is 97.6 cm³/mol. The van der Waals surface area contributed by atoms with Gasteiger partial charge in [-0.3, -0.25) is 9.59 Å². The van der Waals surface area contributed by atoms with Crippen LogP contribution in [0.3, 0.4) is 0 Å². The maximum absolute atomic E-state index is 11.8. The summed E-state index contributed by atoms with van der Waals surface area (Å²) in [6, 6.07) is 11.8. The van der Waals surface area contributed by atoms with Gasteiger partial charge in [0.05, 0.1) is 11.8 Å². The molecular weight excluding hydrogens is 318 g/mol. The van der Waals surface area contributed by atoms with Crippen LogP contribution in [-0.4, -0.2) is 38.0 Å². The number of hydrogen-bond donors (Lipinski definition) is 2. The lowest BCUT2D eigenvalue weighted by molar-refractivity contribution is -0.120. The molecular formula is C19H25N3O3. The molecule has 1 aromatic heterocycles. The molecule has 2 aromatic rings. The molecule has 0 saturated heterocycles. The van der Waals surface area contributed by atoms with Crippen LogP contribution in [0.2, 0.25) is 0 Å². The van der Waals surface area contributed by atoms with E-state index in [0.717, 1.165) is 19.5 Å². The smallest absolute Gasteiger partial charge is 0.254 e. The van der Waals surface area contributed by atoms with Crippen LogP contribution in [0, 0.1) is 0 Å². The Balaban J connectivity index is 1.58. The fraction of sp³-hybridized carbons (Fsp3) is 0.368. The Hall–Kier alpha value is -2.76. The summed E-state index contributed by atoms with van der Waals surface area (Å²) >= 11 is 0. The minimum absolute atomic E-state index is 0.0600. The van der Waals surface area contributed by atoms with Crippen molar-refractivity contribution in [3.8, 4) is 0 Å². The summed E-state index contributed by atoms with van der Waals surface area (Å²) in [6.45, 7) is 4.86. The number of carbonyl (C=O) groups is 2. The summed E-state index contributed by atoms with van der Waals surface area (Å²) in [7, 11) is 0. The number of nitrogens with zero attached hydrogens (tertiary/aromatic N) is 1. The Labute approximate surface area is 148 Å². The van der Waals surface area contributed by atoms with Crippen molar-refractivity contribution >= 4 is 17.5 Å². The van der Waals surface area contributed by atoms with Crippen molar-refractivity contribution in [2.24, 2.45) is 0 Å². The number of rotatable bonds is 10. The minimum atomic E-state index is -0.233. The van der Waals surface area contributed by atoms with Crippen molar-refractivity contribution in [2.45, 2.75) is 19.8 Å². The topological polar surface area (TPSA) is 74.6 Å². The molecule has 0 saturated carbocycles. The molecule has 0 bridgehead atoms. The molecule has 6 heteroatoms. The molecule has 0 radical (unpaired) electrons. The van der Waals surface area contributed by atoms with Crippen LogP contribution in [0.25, 0.3) is 0 Å². The molecule has 0 atom stereocenters. The summed E-state index contributed by atoms with van der Waals surface area (Å²) in [5, 5.41) is 5.57. The summed E-state index contributed by atoms with van der Waals surface area (Å²) in [5.41, 5.74) is 1.65. The highest BCUT2D eigenvalue weighted by atomic mass is 16.3. The Bertz CT molecular complexity index is 641. The molecule has 25 heavy (non-hydrogen) atoms. The maximum Gasteiger partial charge on any atom is 0.254 e. The van der Waals surface area contributed by atoms with Crippen LogP contribution in [0.4, 0.5) is 5.69 Å². The Morgan fingerprint density at radius 3 is 2.56 bits per heavy atom. The minimum Gasteiger partial charge on any atom is -0.472 e. The zero-order valence-electron chi connectivity index (χ0n) is 14.5. The molecule has 1 heterocycles.